The monoisotopic (exact) mass is 411 g/mol. The molecule has 0 aliphatic carbocycles. The molecular weight excluding hydrogens is 378 g/mol. The van der Waals surface area contributed by atoms with Gasteiger partial charge >= 0.3 is 0 Å². The molecule has 0 amide bonds. The average Bonchev–Trinajstić information content (AvgIpc) is 2.71. The fourth-order valence-corrected chi connectivity index (χ4v) is 3.07. The van der Waals surface area contributed by atoms with Gasteiger partial charge in [0.05, 0.1) is 18.9 Å². The minimum Gasteiger partial charge on any atom is -0.493 e. The standard InChI is InChI=1S/C25H33NO4/c1-6-7-13-29-24-16-19(2)25(20(3)17-24)30-15-8-14-28-23-11-9-22(10-12-23)18-21(4)26-27-5/h6-7,9-12,16-17H,8,13-15,18H2,1-5H3/b7-6+,26-21+. The number of oxime groups is 1. The zero-order chi connectivity index (χ0) is 21.8. The molecular formula is C25H33NO4. The van der Waals surface area contributed by atoms with E-state index in [9.17, 15) is 0 Å². The second kappa shape index (κ2) is 12.6. The van der Waals surface area contributed by atoms with Crippen molar-refractivity contribution in [3.05, 3.63) is 65.2 Å². The van der Waals surface area contributed by atoms with Gasteiger partial charge in [-0.05, 0) is 68.7 Å². The van der Waals surface area contributed by atoms with Crippen LogP contribution in [0, 0.1) is 13.8 Å². The van der Waals surface area contributed by atoms with Crippen molar-refractivity contribution >= 4 is 5.71 Å². The summed E-state index contributed by atoms with van der Waals surface area (Å²) in [7, 11) is 1.56. The van der Waals surface area contributed by atoms with Crippen LogP contribution < -0.4 is 14.2 Å². The first kappa shape index (κ1) is 23.3. The van der Waals surface area contributed by atoms with E-state index in [0.29, 0.717) is 19.8 Å². The van der Waals surface area contributed by atoms with Crippen LogP contribution in [0.15, 0.2) is 53.7 Å². The zero-order valence-electron chi connectivity index (χ0n) is 18.7. The molecule has 5 nitrogen and oxygen atoms in total. The maximum atomic E-state index is 6.00. The Hall–Kier alpha value is -2.95. The van der Waals surface area contributed by atoms with Gasteiger partial charge in [-0.1, -0.05) is 29.4 Å². The summed E-state index contributed by atoms with van der Waals surface area (Å²) in [6.45, 7) is 9.80. The Morgan fingerprint density at radius 2 is 1.60 bits per heavy atom. The molecule has 0 spiro atoms. The third-order valence-electron chi connectivity index (χ3n) is 4.45. The van der Waals surface area contributed by atoms with Crippen molar-refractivity contribution < 1.29 is 19.0 Å². The molecule has 0 unspecified atom stereocenters. The molecule has 0 N–H and O–H groups in total. The lowest BCUT2D eigenvalue weighted by Crippen LogP contribution is -2.07. The van der Waals surface area contributed by atoms with Crippen LogP contribution in [0.3, 0.4) is 0 Å². The summed E-state index contributed by atoms with van der Waals surface area (Å²) in [5, 5.41) is 3.93. The molecule has 0 aliphatic rings. The maximum Gasteiger partial charge on any atom is 0.125 e. The summed E-state index contributed by atoms with van der Waals surface area (Å²) in [5.41, 5.74) is 4.27. The van der Waals surface area contributed by atoms with Crippen LogP contribution in [0.5, 0.6) is 17.2 Å². The Balaban J connectivity index is 1.75. The van der Waals surface area contributed by atoms with Crippen molar-refractivity contribution in [1.82, 2.24) is 0 Å². The molecule has 5 heteroatoms. The van der Waals surface area contributed by atoms with E-state index in [-0.39, 0.29) is 0 Å². The van der Waals surface area contributed by atoms with Crippen LogP contribution >= 0.6 is 0 Å². The first-order valence-corrected chi connectivity index (χ1v) is 10.3. The molecule has 2 aromatic rings. The van der Waals surface area contributed by atoms with Gasteiger partial charge in [-0.25, -0.2) is 0 Å². The van der Waals surface area contributed by atoms with Crippen molar-refractivity contribution in [3.8, 4) is 17.2 Å². The second-order valence-corrected chi connectivity index (χ2v) is 7.15. The Kier molecular flexibility index (Phi) is 9.78. The minimum absolute atomic E-state index is 0.578. The minimum atomic E-state index is 0.578. The molecule has 162 valence electrons. The molecule has 30 heavy (non-hydrogen) atoms. The number of allylic oxidation sites excluding steroid dienone is 1. The molecule has 0 heterocycles. The molecule has 0 saturated heterocycles. The van der Waals surface area contributed by atoms with E-state index in [1.165, 1.54) is 5.56 Å². The highest BCUT2D eigenvalue weighted by Crippen LogP contribution is 2.28. The molecule has 0 fully saturated rings. The average molecular weight is 412 g/mol. The van der Waals surface area contributed by atoms with Gasteiger partial charge in [0.25, 0.3) is 0 Å². The number of hydrogen-bond donors (Lipinski definition) is 0. The number of ether oxygens (including phenoxy) is 3. The summed E-state index contributed by atoms with van der Waals surface area (Å²) >= 11 is 0. The molecule has 0 saturated carbocycles. The van der Waals surface area contributed by atoms with Gasteiger partial charge in [-0.15, -0.1) is 0 Å². The van der Waals surface area contributed by atoms with E-state index in [0.717, 1.165) is 46.9 Å². The summed E-state index contributed by atoms with van der Waals surface area (Å²) < 4.78 is 17.5. The molecule has 2 aromatic carbocycles. The molecule has 0 aromatic heterocycles. The molecule has 0 atom stereocenters. The van der Waals surface area contributed by atoms with Gasteiger partial charge in [0, 0.05) is 12.8 Å². The van der Waals surface area contributed by atoms with E-state index < -0.39 is 0 Å². The van der Waals surface area contributed by atoms with E-state index >= 15 is 0 Å². The van der Waals surface area contributed by atoms with Gasteiger partial charge in [0.2, 0.25) is 0 Å². The Bertz CT molecular complexity index is 818. The largest absolute Gasteiger partial charge is 0.493 e. The predicted octanol–water partition coefficient (Wildman–Crippen LogP) is 5.67. The topological polar surface area (TPSA) is 49.3 Å². The van der Waals surface area contributed by atoms with Crippen molar-refractivity contribution in [2.45, 2.75) is 40.5 Å². The first-order chi connectivity index (χ1) is 14.5. The highest BCUT2D eigenvalue weighted by molar-refractivity contribution is 5.83. The fraction of sp³-hybridized carbons (Fsp3) is 0.400. The summed E-state index contributed by atoms with van der Waals surface area (Å²) in [6, 6.07) is 12.1. The van der Waals surface area contributed by atoms with Gasteiger partial charge in [0.1, 0.15) is 31.0 Å². The number of nitrogens with zero attached hydrogens (tertiary/aromatic N) is 1. The van der Waals surface area contributed by atoms with E-state index in [1.54, 1.807) is 7.11 Å². The normalized spacial score (nSPS) is 11.6. The van der Waals surface area contributed by atoms with Crippen LogP contribution in [0.1, 0.15) is 37.0 Å². The quantitative estimate of drug-likeness (QED) is 0.195. The summed E-state index contributed by atoms with van der Waals surface area (Å²) in [5.74, 6) is 2.65. The fourth-order valence-electron chi connectivity index (χ4n) is 3.07. The third-order valence-corrected chi connectivity index (χ3v) is 4.45. The number of hydrogen-bond acceptors (Lipinski definition) is 5. The highest BCUT2D eigenvalue weighted by atomic mass is 16.6. The van der Waals surface area contributed by atoms with E-state index in [2.05, 4.69) is 5.16 Å². The van der Waals surface area contributed by atoms with Crippen molar-refractivity contribution in [2.24, 2.45) is 5.16 Å². The molecule has 0 aliphatic heterocycles. The molecule has 2 rings (SSSR count). The Morgan fingerprint density at radius 3 is 2.23 bits per heavy atom. The first-order valence-electron chi connectivity index (χ1n) is 10.3. The summed E-state index contributed by atoms with van der Waals surface area (Å²) in [6.07, 6.45) is 5.53. The molecule has 0 radical (unpaired) electrons. The van der Waals surface area contributed by atoms with Crippen LogP contribution in [-0.2, 0) is 11.3 Å². The second-order valence-electron chi connectivity index (χ2n) is 7.15. The van der Waals surface area contributed by atoms with Crippen LogP contribution in [0.2, 0.25) is 0 Å². The number of aryl methyl sites for hydroxylation is 2. The highest BCUT2D eigenvalue weighted by Gasteiger charge is 2.07. The predicted molar refractivity (Wildman–Crippen MR) is 122 cm³/mol. The van der Waals surface area contributed by atoms with Gasteiger partial charge in [-0.2, -0.15) is 0 Å². The van der Waals surface area contributed by atoms with Gasteiger partial charge in [0.15, 0.2) is 0 Å². The zero-order valence-corrected chi connectivity index (χ0v) is 18.7. The van der Waals surface area contributed by atoms with Gasteiger partial charge < -0.3 is 19.0 Å². The number of rotatable bonds is 12. The molecule has 0 bridgehead atoms. The Labute approximate surface area is 180 Å². The van der Waals surface area contributed by atoms with Gasteiger partial charge in [-0.3, -0.25) is 0 Å². The van der Waals surface area contributed by atoms with Crippen LogP contribution in [-0.4, -0.2) is 32.6 Å². The maximum absolute atomic E-state index is 6.00. The van der Waals surface area contributed by atoms with Crippen LogP contribution in [0.25, 0.3) is 0 Å². The smallest absolute Gasteiger partial charge is 0.125 e. The Morgan fingerprint density at radius 1 is 0.933 bits per heavy atom. The SMILES string of the molecule is C/C=C/COc1cc(C)c(OCCCOc2ccc(C/C(C)=N/OC)cc2)c(C)c1. The number of benzene rings is 2. The third kappa shape index (κ3) is 7.82. The summed E-state index contributed by atoms with van der Waals surface area (Å²) in [4.78, 5) is 4.79. The van der Waals surface area contributed by atoms with Crippen molar-refractivity contribution in [3.63, 3.8) is 0 Å². The van der Waals surface area contributed by atoms with Crippen molar-refractivity contribution in [1.29, 1.82) is 0 Å². The van der Waals surface area contributed by atoms with E-state index in [4.69, 9.17) is 19.0 Å². The lowest BCUT2D eigenvalue weighted by Gasteiger charge is -2.14. The van der Waals surface area contributed by atoms with Crippen LogP contribution in [0.4, 0.5) is 0 Å². The van der Waals surface area contributed by atoms with E-state index in [1.807, 2.05) is 76.2 Å². The lowest BCUT2D eigenvalue weighted by atomic mass is 10.1. The lowest BCUT2D eigenvalue weighted by molar-refractivity contribution is 0.212. The van der Waals surface area contributed by atoms with Crippen molar-refractivity contribution in [2.75, 3.05) is 26.9 Å².